The Labute approximate surface area is 115 Å². The summed E-state index contributed by atoms with van der Waals surface area (Å²) in [4.78, 5) is 4.36. The molecule has 19 heavy (non-hydrogen) atoms. The Balaban J connectivity index is 1.60. The van der Waals surface area contributed by atoms with Crippen molar-refractivity contribution < 1.29 is 4.74 Å². The molecule has 2 saturated heterocycles. The number of nitrogens with one attached hydrogen (secondary N) is 1. The van der Waals surface area contributed by atoms with Crippen molar-refractivity contribution in [2.24, 2.45) is 5.92 Å². The number of hydrogen-bond donors (Lipinski definition) is 1. The molecule has 1 N–H and O–H groups in total. The minimum Gasteiger partial charge on any atom is -0.381 e. The summed E-state index contributed by atoms with van der Waals surface area (Å²) < 4.78 is 7.79. The first-order valence-corrected chi connectivity index (χ1v) is 7.67. The first kappa shape index (κ1) is 13.1. The number of aromatic nitrogens is 2. The number of hydrogen-bond acceptors (Lipinski definition) is 3. The number of piperidine rings is 1. The molecule has 1 aromatic heterocycles. The molecule has 3 unspecified atom stereocenters. The Bertz CT molecular complexity index is 398. The van der Waals surface area contributed by atoms with Crippen molar-refractivity contribution in [1.29, 1.82) is 0 Å². The van der Waals surface area contributed by atoms with Gasteiger partial charge in [0.2, 0.25) is 0 Å². The second-order valence-corrected chi connectivity index (χ2v) is 6.08. The molecule has 1 aromatic rings. The van der Waals surface area contributed by atoms with Gasteiger partial charge in [0.15, 0.2) is 0 Å². The summed E-state index contributed by atoms with van der Waals surface area (Å²) in [6, 6.07) is 1.12. The maximum absolute atomic E-state index is 5.45. The van der Waals surface area contributed by atoms with Crippen LogP contribution in [0.25, 0.3) is 0 Å². The SMILES string of the molecule is CC1CCCC(c2cncn2CCC2CCOC2)N1. The number of ether oxygens (including phenoxy) is 1. The highest BCUT2D eigenvalue weighted by molar-refractivity contribution is 5.07. The van der Waals surface area contributed by atoms with E-state index in [1.165, 1.54) is 37.8 Å². The standard InChI is InChI=1S/C15H25N3O/c1-12-3-2-4-14(17-12)15-9-16-11-18(15)7-5-13-6-8-19-10-13/h9,11-14,17H,2-8,10H2,1H3. The van der Waals surface area contributed by atoms with Crippen LogP contribution in [0.3, 0.4) is 0 Å². The fraction of sp³-hybridized carbons (Fsp3) is 0.800. The molecule has 3 rings (SSSR count). The van der Waals surface area contributed by atoms with Gasteiger partial charge in [-0.15, -0.1) is 0 Å². The second kappa shape index (κ2) is 6.06. The maximum atomic E-state index is 5.45. The average Bonchev–Trinajstić information content (AvgIpc) is 3.08. The van der Waals surface area contributed by atoms with Gasteiger partial charge in [-0.3, -0.25) is 0 Å². The van der Waals surface area contributed by atoms with Crippen LogP contribution in [0, 0.1) is 5.92 Å². The molecule has 0 amide bonds. The predicted octanol–water partition coefficient (Wildman–Crippen LogP) is 2.51. The molecule has 0 saturated carbocycles. The monoisotopic (exact) mass is 263 g/mol. The van der Waals surface area contributed by atoms with E-state index in [-0.39, 0.29) is 0 Å². The van der Waals surface area contributed by atoms with Crippen molar-refractivity contribution in [3.05, 3.63) is 18.2 Å². The third-order valence-electron chi connectivity index (χ3n) is 4.52. The third-order valence-corrected chi connectivity index (χ3v) is 4.52. The lowest BCUT2D eigenvalue weighted by Crippen LogP contribution is -2.35. The van der Waals surface area contributed by atoms with Gasteiger partial charge >= 0.3 is 0 Å². The van der Waals surface area contributed by atoms with E-state index in [1.807, 2.05) is 12.5 Å². The van der Waals surface area contributed by atoms with Gasteiger partial charge in [0.1, 0.15) is 0 Å². The van der Waals surface area contributed by atoms with Crippen LogP contribution in [0.4, 0.5) is 0 Å². The second-order valence-electron chi connectivity index (χ2n) is 6.08. The minimum absolute atomic E-state index is 0.492. The molecular weight excluding hydrogens is 238 g/mol. The Morgan fingerprint density at radius 3 is 3.16 bits per heavy atom. The molecule has 0 aliphatic carbocycles. The van der Waals surface area contributed by atoms with E-state index in [9.17, 15) is 0 Å². The van der Waals surface area contributed by atoms with Crippen molar-refractivity contribution in [2.75, 3.05) is 13.2 Å². The highest BCUT2D eigenvalue weighted by atomic mass is 16.5. The van der Waals surface area contributed by atoms with Gasteiger partial charge in [-0.1, -0.05) is 0 Å². The van der Waals surface area contributed by atoms with Crippen LogP contribution in [0.2, 0.25) is 0 Å². The van der Waals surface area contributed by atoms with Crippen LogP contribution in [-0.4, -0.2) is 28.8 Å². The molecule has 0 bridgehead atoms. The normalized spacial score (nSPS) is 31.7. The molecule has 4 nitrogen and oxygen atoms in total. The zero-order valence-corrected chi connectivity index (χ0v) is 11.8. The van der Waals surface area contributed by atoms with Crippen LogP contribution < -0.4 is 5.32 Å². The summed E-state index contributed by atoms with van der Waals surface area (Å²) in [5.74, 6) is 0.744. The molecule has 3 heterocycles. The van der Waals surface area contributed by atoms with E-state index in [2.05, 4.69) is 21.8 Å². The summed E-state index contributed by atoms with van der Waals surface area (Å²) in [6.45, 7) is 5.25. The number of aryl methyl sites for hydroxylation is 1. The lowest BCUT2D eigenvalue weighted by atomic mass is 9.97. The van der Waals surface area contributed by atoms with Gasteiger partial charge in [0.25, 0.3) is 0 Å². The Morgan fingerprint density at radius 2 is 2.37 bits per heavy atom. The van der Waals surface area contributed by atoms with Crippen LogP contribution in [0.1, 0.15) is 50.8 Å². The molecule has 3 atom stereocenters. The van der Waals surface area contributed by atoms with E-state index >= 15 is 0 Å². The molecule has 0 radical (unpaired) electrons. The number of imidazole rings is 1. The highest BCUT2D eigenvalue weighted by Gasteiger charge is 2.22. The molecule has 2 aliphatic heterocycles. The summed E-state index contributed by atoms with van der Waals surface area (Å²) in [7, 11) is 0. The fourth-order valence-electron chi connectivity index (χ4n) is 3.31. The van der Waals surface area contributed by atoms with Crippen molar-refractivity contribution >= 4 is 0 Å². The quantitative estimate of drug-likeness (QED) is 0.907. The minimum atomic E-state index is 0.492. The van der Waals surface area contributed by atoms with Crippen LogP contribution in [0.15, 0.2) is 12.5 Å². The van der Waals surface area contributed by atoms with Crippen molar-refractivity contribution in [3.8, 4) is 0 Å². The van der Waals surface area contributed by atoms with Crippen molar-refractivity contribution in [1.82, 2.24) is 14.9 Å². The number of nitrogens with zero attached hydrogens (tertiary/aromatic N) is 2. The molecule has 2 fully saturated rings. The lowest BCUT2D eigenvalue weighted by molar-refractivity contribution is 0.183. The summed E-state index contributed by atoms with van der Waals surface area (Å²) in [5.41, 5.74) is 1.37. The molecule has 106 valence electrons. The van der Waals surface area contributed by atoms with Crippen LogP contribution in [-0.2, 0) is 11.3 Å². The zero-order chi connectivity index (χ0) is 13.1. The first-order valence-electron chi connectivity index (χ1n) is 7.67. The molecular formula is C15H25N3O. The Morgan fingerprint density at radius 1 is 1.42 bits per heavy atom. The molecule has 2 aliphatic rings. The van der Waals surface area contributed by atoms with Gasteiger partial charge < -0.3 is 14.6 Å². The summed E-state index contributed by atoms with van der Waals surface area (Å²) in [6.07, 6.45) is 10.3. The van der Waals surface area contributed by atoms with E-state index in [0.29, 0.717) is 12.1 Å². The van der Waals surface area contributed by atoms with Gasteiger partial charge in [0.05, 0.1) is 12.0 Å². The predicted molar refractivity (Wildman–Crippen MR) is 75.0 cm³/mol. The van der Waals surface area contributed by atoms with Crippen LogP contribution >= 0.6 is 0 Å². The third kappa shape index (κ3) is 3.18. The Hall–Kier alpha value is -0.870. The largest absolute Gasteiger partial charge is 0.381 e. The topological polar surface area (TPSA) is 39.1 Å². The van der Waals surface area contributed by atoms with Crippen LogP contribution in [0.5, 0.6) is 0 Å². The first-order chi connectivity index (χ1) is 9.33. The molecule has 4 heteroatoms. The van der Waals surface area contributed by atoms with Gasteiger partial charge in [-0.05, 0) is 44.9 Å². The van der Waals surface area contributed by atoms with E-state index in [0.717, 1.165) is 25.7 Å². The summed E-state index contributed by atoms with van der Waals surface area (Å²) >= 11 is 0. The van der Waals surface area contributed by atoms with E-state index < -0.39 is 0 Å². The van der Waals surface area contributed by atoms with E-state index in [1.54, 1.807) is 0 Å². The van der Waals surface area contributed by atoms with Crippen molar-refractivity contribution in [3.63, 3.8) is 0 Å². The Kier molecular flexibility index (Phi) is 4.18. The fourth-order valence-corrected chi connectivity index (χ4v) is 3.31. The molecule has 0 spiro atoms. The molecule has 0 aromatic carbocycles. The highest BCUT2D eigenvalue weighted by Crippen LogP contribution is 2.26. The number of rotatable bonds is 4. The van der Waals surface area contributed by atoms with E-state index in [4.69, 9.17) is 4.74 Å². The lowest BCUT2D eigenvalue weighted by Gasteiger charge is -2.29. The smallest absolute Gasteiger partial charge is 0.0948 e. The van der Waals surface area contributed by atoms with Crippen molar-refractivity contribution in [2.45, 2.75) is 57.7 Å². The summed E-state index contributed by atoms with van der Waals surface area (Å²) in [5, 5.41) is 3.70. The van der Waals surface area contributed by atoms with Gasteiger partial charge in [-0.2, -0.15) is 0 Å². The maximum Gasteiger partial charge on any atom is 0.0948 e. The van der Waals surface area contributed by atoms with Gasteiger partial charge in [0, 0.05) is 38.0 Å². The zero-order valence-electron chi connectivity index (χ0n) is 11.8. The van der Waals surface area contributed by atoms with Gasteiger partial charge in [-0.25, -0.2) is 4.98 Å². The average molecular weight is 263 g/mol.